The number of hydrogen-bond donors (Lipinski definition) is 3. The van der Waals surface area contributed by atoms with Crippen LogP contribution in [0, 0.1) is 0 Å². The van der Waals surface area contributed by atoms with Crippen LogP contribution in [0.15, 0.2) is 12.4 Å². The van der Waals surface area contributed by atoms with Gasteiger partial charge < -0.3 is 15.5 Å². The van der Waals surface area contributed by atoms with Gasteiger partial charge in [-0.2, -0.15) is 0 Å². The Morgan fingerprint density at radius 3 is 2.75 bits per heavy atom. The molecule has 1 rings (SSSR count). The fourth-order valence-corrected chi connectivity index (χ4v) is 1.13. The highest BCUT2D eigenvalue weighted by atomic mass is 16.3. The Kier molecular flexibility index (Phi) is 4.81. The van der Waals surface area contributed by atoms with E-state index in [-0.39, 0.29) is 12.5 Å². The van der Waals surface area contributed by atoms with Crippen molar-refractivity contribution in [2.75, 3.05) is 11.9 Å². The maximum atomic E-state index is 10.7. The highest BCUT2D eigenvalue weighted by Crippen LogP contribution is 2.04. The molecule has 6 heteroatoms. The monoisotopic (exact) mass is 225 g/mol. The Balaban J connectivity index is 2.48. The van der Waals surface area contributed by atoms with Gasteiger partial charge in [0.15, 0.2) is 5.82 Å². The van der Waals surface area contributed by atoms with Gasteiger partial charge in [0, 0.05) is 6.92 Å². The molecule has 0 aliphatic rings. The zero-order valence-corrected chi connectivity index (χ0v) is 9.05. The molecule has 16 heavy (non-hydrogen) atoms. The number of hydrogen-bond acceptors (Lipinski definition) is 5. The first kappa shape index (κ1) is 12.5. The molecular weight excluding hydrogens is 210 g/mol. The maximum Gasteiger partial charge on any atom is 0.222 e. The fraction of sp³-hybridized carbons (Fsp3) is 0.500. The van der Waals surface area contributed by atoms with Crippen LogP contribution in [0.1, 0.15) is 19.0 Å². The van der Waals surface area contributed by atoms with Gasteiger partial charge in [-0.25, -0.2) is 4.98 Å². The molecule has 88 valence electrons. The predicted molar refractivity (Wildman–Crippen MR) is 57.7 cm³/mol. The second kappa shape index (κ2) is 6.14. The second-order valence-electron chi connectivity index (χ2n) is 3.45. The van der Waals surface area contributed by atoms with Gasteiger partial charge in [0.05, 0.1) is 30.8 Å². The average molecular weight is 225 g/mol. The van der Waals surface area contributed by atoms with E-state index in [0.29, 0.717) is 24.4 Å². The van der Waals surface area contributed by atoms with Crippen LogP contribution in [0.2, 0.25) is 0 Å². The number of aromatic nitrogens is 2. The van der Waals surface area contributed by atoms with Crippen LogP contribution in [0.5, 0.6) is 0 Å². The third-order valence-corrected chi connectivity index (χ3v) is 1.95. The number of carbonyl (C=O) groups excluding carboxylic acids is 1. The molecule has 0 saturated heterocycles. The Hall–Kier alpha value is -1.53. The van der Waals surface area contributed by atoms with Crippen LogP contribution in [-0.2, 0) is 11.2 Å². The van der Waals surface area contributed by atoms with Gasteiger partial charge >= 0.3 is 0 Å². The highest BCUT2D eigenvalue weighted by molar-refractivity contribution is 5.87. The molecule has 0 unspecified atom stereocenters. The summed E-state index contributed by atoms with van der Waals surface area (Å²) in [6, 6.07) is 0. The van der Waals surface area contributed by atoms with Crippen LogP contribution in [0.25, 0.3) is 0 Å². The molecular formula is C10H15N3O3. The number of carbonyl (C=O) groups is 1. The first-order chi connectivity index (χ1) is 7.61. The molecule has 1 aromatic heterocycles. The Labute approximate surface area is 93.4 Å². The quantitative estimate of drug-likeness (QED) is 0.640. The molecule has 0 aromatic carbocycles. The summed E-state index contributed by atoms with van der Waals surface area (Å²) >= 11 is 0. The van der Waals surface area contributed by atoms with Gasteiger partial charge in [0.25, 0.3) is 0 Å². The summed E-state index contributed by atoms with van der Waals surface area (Å²) in [7, 11) is 0. The standard InChI is InChI=1S/C10H15N3O3/c1-7(15)13-10-5-11-8(4-12-10)2-3-9(16)6-14/h4-5,9,14,16H,2-3,6H2,1H3,(H,12,13,15)/t9-/m0/s1. The van der Waals surface area contributed by atoms with E-state index < -0.39 is 6.10 Å². The molecule has 0 saturated carbocycles. The van der Waals surface area contributed by atoms with E-state index in [1.807, 2.05) is 0 Å². The van der Waals surface area contributed by atoms with Crippen molar-refractivity contribution in [2.45, 2.75) is 25.9 Å². The minimum atomic E-state index is -0.725. The summed E-state index contributed by atoms with van der Waals surface area (Å²) in [6.07, 6.45) is 3.24. The Morgan fingerprint density at radius 2 is 2.25 bits per heavy atom. The van der Waals surface area contributed by atoms with E-state index in [1.54, 1.807) is 0 Å². The largest absolute Gasteiger partial charge is 0.394 e. The normalized spacial score (nSPS) is 12.2. The summed E-state index contributed by atoms with van der Waals surface area (Å²) in [6.45, 7) is 1.14. The Morgan fingerprint density at radius 1 is 1.50 bits per heavy atom. The van der Waals surface area contributed by atoms with Gasteiger partial charge in [0.1, 0.15) is 0 Å². The lowest BCUT2D eigenvalue weighted by molar-refractivity contribution is -0.114. The smallest absolute Gasteiger partial charge is 0.222 e. The molecule has 3 N–H and O–H groups in total. The summed E-state index contributed by atoms with van der Waals surface area (Å²) in [5.41, 5.74) is 0.710. The van der Waals surface area contributed by atoms with Crippen molar-refractivity contribution in [3.63, 3.8) is 0 Å². The maximum absolute atomic E-state index is 10.7. The molecule has 1 amide bonds. The van der Waals surface area contributed by atoms with Crippen molar-refractivity contribution >= 4 is 11.7 Å². The second-order valence-corrected chi connectivity index (χ2v) is 3.45. The molecule has 1 heterocycles. The van der Waals surface area contributed by atoms with Crippen molar-refractivity contribution in [3.8, 4) is 0 Å². The highest BCUT2D eigenvalue weighted by Gasteiger charge is 2.04. The molecule has 0 spiro atoms. The van der Waals surface area contributed by atoms with E-state index >= 15 is 0 Å². The number of aryl methyl sites for hydroxylation is 1. The minimum Gasteiger partial charge on any atom is -0.394 e. The van der Waals surface area contributed by atoms with Gasteiger partial charge in [-0.1, -0.05) is 0 Å². The van der Waals surface area contributed by atoms with E-state index in [4.69, 9.17) is 10.2 Å². The van der Waals surface area contributed by atoms with Crippen LogP contribution in [0.3, 0.4) is 0 Å². The van der Waals surface area contributed by atoms with Crippen LogP contribution in [0.4, 0.5) is 5.82 Å². The van der Waals surface area contributed by atoms with Gasteiger partial charge in [-0.05, 0) is 12.8 Å². The number of nitrogens with zero attached hydrogens (tertiary/aromatic N) is 2. The van der Waals surface area contributed by atoms with Gasteiger partial charge in [0.2, 0.25) is 5.91 Å². The number of anilines is 1. The lowest BCUT2D eigenvalue weighted by Crippen LogP contribution is -2.13. The van der Waals surface area contributed by atoms with Crippen LogP contribution in [-0.4, -0.2) is 38.8 Å². The summed E-state index contributed by atoms with van der Waals surface area (Å²) < 4.78 is 0. The number of amides is 1. The number of nitrogens with one attached hydrogen (secondary N) is 1. The van der Waals surface area contributed by atoms with Crippen LogP contribution >= 0.6 is 0 Å². The van der Waals surface area contributed by atoms with E-state index in [0.717, 1.165) is 0 Å². The molecule has 1 atom stereocenters. The first-order valence-corrected chi connectivity index (χ1v) is 4.99. The molecule has 0 aliphatic carbocycles. The lowest BCUT2D eigenvalue weighted by Gasteiger charge is -2.06. The lowest BCUT2D eigenvalue weighted by atomic mass is 10.2. The van der Waals surface area contributed by atoms with Crippen molar-refractivity contribution in [1.82, 2.24) is 9.97 Å². The minimum absolute atomic E-state index is 0.197. The number of rotatable bonds is 5. The Bertz CT molecular complexity index is 340. The van der Waals surface area contributed by atoms with E-state index in [1.165, 1.54) is 19.3 Å². The van der Waals surface area contributed by atoms with E-state index in [9.17, 15) is 4.79 Å². The SMILES string of the molecule is CC(=O)Nc1cnc(CC[C@H](O)CO)cn1. The van der Waals surface area contributed by atoms with E-state index in [2.05, 4.69) is 15.3 Å². The molecule has 0 bridgehead atoms. The summed E-state index contributed by atoms with van der Waals surface area (Å²) in [5.74, 6) is 0.205. The zero-order chi connectivity index (χ0) is 12.0. The predicted octanol–water partition coefficient (Wildman–Crippen LogP) is -0.279. The first-order valence-electron chi connectivity index (χ1n) is 4.99. The van der Waals surface area contributed by atoms with Crippen LogP contribution < -0.4 is 5.32 Å². The molecule has 1 aromatic rings. The zero-order valence-electron chi connectivity index (χ0n) is 9.05. The molecule has 0 fully saturated rings. The third kappa shape index (κ3) is 4.33. The van der Waals surface area contributed by atoms with Crippen molar-refractivity contribution < 1.29 is 15.0 Å². The van der Waals surface area contributed by atoms with Crippen molar-refractivity contribution in [1.29, 1.82) is 0 Å². The summed E-state index contributed by atoms with van der Waals surface area (Å²) in [4.78, 5) is 18.8. The summed E-state index contributed by atoms with van der Waals surface area (Å²) in [5, 5.41) is 20.3. The van der Waals surface area contributed by atoms with Crippen molar-refractivity contribution in [2.24, 2.45) is 0 Å². The number of aliphatic hydroxyl groups is 2. The fourth-order valence-electron chi connectivity index (χ4n) is 1.13. The molecule has 0 radical (unpaired) electrons. The van der Waals surface area contributed by atoms with Gasteiger partial charge in [-0.3, -0.25) is 9.78 Å². The number of aliphatic hydroxyl groups excluding tert-OH is 2. The third-order valence-electron chi connectivity index (χ3n) is 1.95. The average Bonchev–Trinajstić information content (AvgIpc) is 2.27. The molecule has 6 nitrogen and oxygen atoms in total. The van der Waals surface area contributed by atoms with Crippen molar-refractivity contribution in [3.05, 3.63) is 18.1 Å². The van der Waals surface area contributed by atoms with Gasteiger partial charge in [-0.15, -0.1) is 0 Å². The molecule has 0 aliphatic heterocycles. The topological polar surface area (TPSA) is 95.3 Å².